The summed E-state index contributed by atoms with van der Waals surface area (Å²) in [6.45, 7) is 6.56. The predicted molar refractivity (Wildman–Crippen MR) is 111 cm³/mol. The first-order valence-corrected chi connectivity index (χ1v) is 9.60. The third kappa shape index (κ3) is 5.13. The first kappa shape index (κ1) is 20.6. The zero-order valence-corrected chi connectivity index (χ0v) is 16.4. The van der Waals surface area contributed by atoms with Gasteiger partial charge in [0.1, 0.15) is 11.5 Å². The number of phenolic OH excluding ortho intramolecular Hbond substituents is 1. The van der Waals surface area contributed by atoms with Gasteiger partial charge in [-0.1, -0.05) is 26.7 Å². The van der Waals surface area contributed by atoms with E-state index in [9.17, 15) is 9.90 Å². The molecule has 0 aliphatic heterocycles. The van der Waals surface area contributed by atoms with Crippen molar-refractivity contribution >= 4 is 17.5 Å². The van der Waals surface area contributed by atoms with Crippen molar-refractivity contribution in [1.82, 2.24) is 0 Å². The number of benzene rings is 2. The lowest BCUT2D eigenvalue weighted by Crippen LogP contribution is -2.03. The van der Waals surface area contributed by atoms with E-state index in [0.717, 1.165) is 42.4 Å². The molecule has 2 aromatic carbocycles. The number of allylic oxidation sites excluding steroid dienone is 1. The average Bonchev–Trinajstić information content (AvgIpc) is 2.66. The Kier molecular flexibility index (Phi) is 7.47. The summed E-state index contributed by atoms with van der Waals surface area (Å²) in [6, 6.07) is 8.79. The van der Waals surface area contributed by atoms with E-state index in [-0.39, 0.29) is 5.78 Å². The molecule has 4 nitrogen and oxygen atoms in total. The van der Waals surface area contributed by atoms with Gasteiger partial charge in [0.15, 0.2) is 5.78 Å². The average molecular weight is 367 g/mol. The minimum absolute atomic E-state index is 0.0976. The van der Waals surface area contributed by atoms with Crippen molar-refractivity contribution in [3.8, 4) is 11.5 Å². The number of hydrogen-bond donors (Lipinski definition) is 2. The van der Waals surface area contributed by atoms with Gasteiger partial charge in [-0.25, -0.2) is 0 Å². The zero-order chi connectivity index (χ0) is 19.8. The number of ether oxygens (including phenoxy) is 1. The summed E-state index contributed by atoms with van der Waals surface area (Å²) in [5.41, 5.74) is 9.43. The highest BCUT2D eigenvalue weighted by Gasteiger charge is 2.17. The van der Waals surface area contributed by atoms with Crippen LogP contribution in [0.1, 0.15) is 60.7 Å². The molecule has 0 saturated carbocycles. The summed E-state index contributed by atoms with van der Waals surface area (Å²) >= 11 is 0. The first-order chi connectivity index (χ1) is 13.0. The number of nitrogen functional groups attached to an aromatic ring is 1. The molecule has 3 N–H and O–H groups in total. The number of phenols is 1. The molecule has 144 valence electrons. The van der Waals surface area contributed by atoms with E-state index in [1.807, 2.05) is 13.0 Å². The molecule has 0 unspecified atom stereocenters. The number of aryl methyl sites for hydroxylation is 1. The lowest BCUT2D eigenvalue weighted by molar-refractivity contribution is 0.104. The van der Waals surface area contributed by atoms with Gasteiger partial charge in [-0.2, -0.15) is 0 Å². The van der Waals surface area contributed by atoms with Gasteiger partial charge in [0.2, 0.25) is 0 Å². The minimum atomic E-state index is -0.0976. The SMILES string of the molecule is CCCc1cc(/C=C/C(=O)c2ccc(N)cc2)c(OCC)c(CCC)c1O. The van der Waals surface area contributed by atoms with Crippen molar-refractivity contribution in [2.45, 2.75) is 46.5 Å². The van der Waals surface area contributed by atoms with Gasteiger partial charge in [-0.05, 0) is 67.8 Å². The molecule has 0 atom stereocenters. The van der Waals surface area contributed by atoms with Crippen LogP contribution >= 0.6 is 0 Å². The molecule has 0 saturated heterocycles. The van der Waals surface area contributed by atoms with E-state index >= 15 is 0 Å². The van der Waals surface area contributed by atoms with Crippen LogP contribution in [-0.2, 0) is 12.8 Å². The fraction of sp³-hybridized carbons (Fsp3) is 0.348. The number of carbonyl (C=O) groups is 1. The molecule has 0 aliphatic carbocycles. The third-order valence-corrected chi connectivity index (χ3v) is 4.37. The van der Waals surface area contributed by atoms with Gasteiger partial charge in [-0.15, -0.1) is 0 Å². The van der Waals surface area contributed by atoms with Gasteiger partial charge in [0.05, 0.1) is 6.61 Å². The predicted octanol–water partition coefficient (Wildman–Crippen LogP) is 5.17. The first-order valence-electron chi connectivity index (χ1n) is 9.60. The molecule has 0 aliphatic rings. The highest BCUT2D eigenvalue weighted by molar-refractivity contribution is 6.07. The van der Waals surface area contributed by atoms with E-state index in [2.05, 4.69) is 13.8 Å². The Morgan fingerprint density at radius 1 is 1.11 bits per heavy atom. The van der Waals surface area contributed by atoms with E-state index < -0.39 is 0 Å². The van der Waals surface area contributed by atoms with Gasteiger partial charge in [0.25, 0.3) is 0 Å². The molecule has 0 radical (unpaired) electrons. The second kappa shape index (κ2) is 9.81. The van der Waals surface area contributed by atoms with Crippen LogP contribution in [-0.4, -0.2) is 17.5 Å². The molecule has 27 heavy (non-hydrogen) atoms. The van der Waals surface area contributed by atoms with Crippen LogP contribution in [0.3, 0.4) is 0 Å². The molecule has 0 amide bonds. The molecular weight excluding hydrogens is 338 g/mol. The third-order valence-electron chi connectivity index (χ3n) is 4.37. The van der Waals surface area contributed by atoms with Crippen LogP contribution in [0.2, 0.25) is 0 Å². The van der Waals surface area contributed by atoms with E-state index in [1.165, 1.54) is 0 Å². The number of rotatable bonds is 9. The lowest BCUT2D eigenvalue weighted by Gasteiger charge is -2.18. The fourth-order valence-corrected chi connectivity index (χ4v) is 3.09. The molecule has 0 bridgehead atoms. The summed E-state index contributed by atoms with van der Waals surface area (Å²) in [5, 5.41) is 10.7. The molecule has 4 heteroatoms. The van der Waals surface area contributed by atoms with E-state index in [4.69, 9.17) is 10.5 Å². The topological polar surface area (TPSA) is 72.6 Å². The van der Waals surface area contributed by atoms with Crippen LogP contribution in [0, 0.1) is 0 Å². The van der Waals surface area contributed by atoms with Crippen LogP contribution < -0.4 is 10.5 Å². The highest BCUT2D eigenvalue weighted by Crippen LogP contribution is 2.37. The highest BCUT2D eigenvalue weighted by atomic mass is 16.5. The summed E-state index contributed by atoms with van der Waals surface area (Å²) in [4.78, 5) is 12.5. The Hall–Kier alpha value is -2.75. The van der Waals surface area contributed by atoms with Crippen LogP contribution in [0.5, 0.6) is 11.5 Å². The number of anilines is 1. The Morgan fingerprint density at radius 2 is 1.78 bits per heavy atom. The number of carbonyl (C=O) groups excluding carboxylic acids is 1. The largest absolute Gasteiger partial charge is 0.507 e. The quantitative estimate of drug-likeness (QED) is 0.364. The van der Waals surface area contributed by atoms with Crippen molar-refractivity contribution in [2.75, 3.05) is 12.3 Å². The maximum absolute atomic E-state index is 12.5. The van der Waals surface area contributed by atoms with Gasteiger partial charge >= 0.3 is 0 Å². The summed E-state index contributed by atoms with van der Waals surface area (Å²) in [7, 11) is 0. The van der Waals surface area contributed by atoms with E-state index in [0.29, 0.717) is 29.4 Å². The van der Waals surface area contributed by atoms with Crippen molar-refractivity contribution in [2.24, 2.45) is 0 Å². The molecule has 0 heterocycles. The number of hydrogen-bond acceptors (Lipinski definition) is 4. The summed E-state index contributed by atoms with van der Waals surface area (Å²) < 4.78 is 5.85. The van der Waals surface area contributed by atoms with Crippen LogP contribution in [0.4, 0.5) is 5.69 Å². The minimum Gasteiger partial charge on any atom is -0.507 e. The molecule has 2 rings (SSSR count). The second-order valence-electron chi connectivity index (χ2n) is 6.53. The number of ketones is 1. The lowest BCUT2D eigenvalue weighted by atomic mass is 9.96. The molecular formula is C23H29NO3. The molecule has 0 aromatic heterocycles. The number of aromatic hydroxyl groups is 1. The van der Waals surface area contributed by atoms with Gasteiger partial charge in [0, 0.05) is 22.4 Å². The maximum atomic E-state index is 12.5. The van der Waals surface area contributed by atoms with Crippen molar-refractivity contribution in [3.63, 3.8) is 0 Å². The second-order valence-corrected chi connectivity index (χ2v) is 6.53. The standard InChI is InChI=1S/C23H29NO3/c1-4-7-17-15-18(23(27-6-3)20(8-5-2)22(17)26)11-14-21(25)16-9-12-19(24)13-10-16/h9-15,26H,4-8,24H2,1-3H3/b14-11+. The monoisotopic (exact) mass is 367 g/mol. The Morgan fingerprint density at radius 3 is 2.37 bits per heavy atom. The Balaban J connectivity index is 2.45. The van der Waals surface area contributed by atoms with Crippen molar-refractivity contribution in [3.05, 3.63) is 58.7 Å². The summed E-state index contributed by atoms with van der Waals surface area (Å²) in [5.74, 6) is 0.891. The Labute approximate surface area is 161 Å². The van der Waals surface area contributed by atoms with Crippen molar-refractivity contribution in [1.29, 1.82) is 0 Å². The zero-order valence-electron chi connectivity index (χ0n) is 16.4. The van der Waals surface area contributed by atoms with E-state index in [1.54, 1.807) is 36.4 Å². The smallest absolute Gasteiger partial charge is 0.185 e. The Bertz CT molecular complexity index is 807. The molecule has 0 spiro atoms. The fourth-order valence-electron chi connectivity index (χ4n) is 3.09. The van der Waals surface area contributed by atoms with Crippen LogP contribution in [0.15, 0.2) is 36.4 Å². The number of nitrogens with two attached hydrogens (primary N) is 1. The summed E-state index contributed by atoms with van der Waals surface area (Å²) in [6.07, 6.45) is 6.66. The molecule has 0 fully saturated rings. The normalized spacial score (nSPS) is 11.1. The molecule has 2 aromatic rings. The van der Waals surface area contributed by atoms with Crippen molar-refractivity contribution < 1.29 is 14.6 Å². The van der Waals surface area contributed by atoms with Gasteiger partial charge < -0.3 is 15.6 Å². The van der Waals surface area contributed by atoms with Gasteiger partial charge in [-0.3, -0.25) is 4.79 Å². The maximum Gasteiger partial charge on any atom is 0.185 e. The van der Waals surface area contributed by atoms with Crippen LogP contribution in [0.25, 0.3) is 6.08 Å².